The Morgan fingerprint density at radius 1 is 1.58 bits per heavy atom. The minimum atomic E-state index is -0.297. The van der Waals surface area contributed by atoms with Gasteiger partial charge in [0.15, 0.2) is 0 Å². The Morgan fingerprint density at radius 3 is 2.95 bits per heavy atom. The summed E-state index contributed by atoms with van der Waals surface area (Å²) in [6.45, 7) is 2.56. The third-order valence-electron chi connectivity index (χ3n) is 2.58. The summed E-state index contributed by atoms with van der Waals surface area (Å²) < 4.78 is 5.05. The van der Waals surface area contributed by atoms with E-state index in [2.05, 4.69) is 10.3 Å². The summed E-state index contributed by atoms with van der Waals surface area (Å²) in [4.78, 5) is 15.5. The van der Waals surface area contributed by atoms with Crippen molar-refractivity contribution in [3.05, 3.63) is 23.9 Å². The van der Waals surface area contributed by atoms with Gasteiger partial charge in [0.05, 0.1) is 12.1 Å². The molecule has 3 N–H and O–H groups in total. The molecule has 0 fully saturated rings. The summed E-state index contributed by atoms with van der Waals surface area (Å²) in [6, 6.07) is 3.74. The Bertz CT molecular complexity index is 451. The van der Waals surface area contributed by atoms with Gasteiger partial charge in [-0.3, -0.25) is 4.79 Å². The molecule has 0 bridgehead atoms. The maximum Gasteiger partial charge on any atom is 0.217 e. The molecule has 0 aliphatic carbocycles. The molecule has 0 spiro atoms. The first-order valence-corrected chi connectivity index (χ1v) is 6.46. The molecule has 5 nitrogen and oxygen atoms in total. The number of carbonyl (C=O) groups is 1. The molecule has 1 rings (SSSR count). The van der Waals surface area contributed by atoms with Crippen molar-refractivity contribution in [2.24, 2.45) is 11.7 Å². The minimum absolute atomic E-state index is 0.157. The van der Waals surface area contributed by atoms with Crippen LogP contribution in [0.25, 0.3) is 0 Å². The molecule has 1 aromatic heterocycles. The second-order valence-electron chi connectivity index (χ2n) is 4.46. The van der Waals surface area contributed by atoms with Crippen LogP contribution in [0.15, 0.2) is 18.3 Å². The maximum atomic E-state index is 10.8. The van der Waals surface area contributed by atoms with Gasteiger partial charge >= 0.3 is 0 Å². The van der Waals surface area contributed by atoms with Gasteiger partial charge in [-0.2, -0.15) is 0 Å². The fraction of sp³-hybridized carbons (Fsp3) is 0.462. The molecule has 0 unspecified atom stereocenters. The van der Waals surface area contributed by atoms with E-state index in [4.69, 9.17) is 22.7 Å². The van der Waals surface area contributed by atoms with Gasteiger partial charge in [0, 0.05) is 31.6 Å². The van der Waals surface area contributed by atoms with Gasteiger partial charge in [-0.25, -0.2) is 4.98 Å². The van der Waals surface area contributed by atoms with Gasteiger partial charge in [-0.15, -0.1) is 0 Å². The normalized spacial score (nSPS) is 11.7. The molecule has 0 saturated carbocycles. The molecule has 0 aromatic carbocycles. The Balaban J connectivity index is 2.39. The van der Waals surface area contributed by atoms with Crippen LogP contribution in [-0.2, 0) is 11.3 Å². The van der Waals surface area contributed by atoms with Crippen molar-refractivity contribution in [2.45, 2.75) is 26.3 Å². The highest BCUT2D eigenvalue weighted by atomic mass is 32.1. The van der Waals surface area contributed by atoms with E-state index >= 15 is 0 Å². The van der Waals surface area contributed by atoms with Crippen LogP contribution in [0, 0.1) is 5.92 Å². The van der Waals surface area contributed by atoms with Crippen LogP contribution >= 0.6 is 12.2 Å². The molecule has 6 heteroatoms. The number of methoxy groups -OCH3 is 1. The summed E-state index contributed by atoms with van der Waals surface area (Å²) in [5.41, 5.74) is 6.18. The second-order valence-corrected chi connectivity index (χ2v) is 4.96. The molecule has 1 heterocycles. The van der Waals surface area contributed by atoms with Crippen LogP contribution in [0.1, 0.15) is 25.3 Å². The predicted molar refractivity (Wildman–Crippen MR) is 77.8 cm³/mol. The standard InChI is InChI=1S/C13H19N3O2S/c1-9(5-11(14)17)6-13(19)16-8-10-3-4-15-12(7-10)18-2/h3-4,7,9H,5-6,8H2,1-2H3,(H2,14,17)(H,16,19)/t9-/m1/s1. The molecule has 0 saturated heterocycles. The van der Waals surface area contributed by atoms with Gasteiger partial charge < -0.3 is 15.8 Å². The summed E-state index contributed by atoms with van der Waals surface area (Å²) >= 11 is 5.23. The van der Waals surface area contributed by atoms with Gasteiger partial charge in [-0.05, 0) is 17.5 Å². The van der Waals surface area contributed by atoms with E-state index in [0.717, 1.165) is 10.6 Å². The third kappa shape index (κ3) is 6.15. The largest absolute Gasteiger partial charge is 0.481 e. The molecular formula is C13H19N3O2S. The lowest BCUT2D eigenvalue weighted by molar-refractivity contribution is -0.118. The van der Waals surface area contributed by atoms with Crippen LogP contribution in [0.5, 0.6) is 5.88 Å². The number of rotatable bonds is 7. The lowest BCUT2D eigenvalue weighted by Crippen LogP contribution is -2.24. The lowest BCUT2D eigenvalue weighted by Gasteiger charge is -2.12. The van der Waals surface area contributed by atoms with Crippen LogP contribution in [0.3, 0.4) is 0 Å². The Kier molecular flexibility index (Phi) is 6.21. The zero-order chi connectivity index (χ0) is 14.3. The van der Waals surface area contributed by atoms with Crippen molar-refractivity contribution >= 4 is 23.1 Å². The fourth-order valence-corrected chi connectivity index (χ4v) is 2.03. The van der Waals surface area contributed by atoms with E-state index in [0.29, 0.717) is 25.3 Å². The fourth-order valence-electron chi connectivity index (χ4n) is 1.68. The highest BCUT2D eigenvalue weighted by molar-refractivity contribution is 7.80. The lowest BCUT2D eigenvalue weighted by atomic mass is 10.0. The monoisotopic (exact) mass is 281 g/mol. The summed E-state index contributed by atoms with van der Waals surface area (Å²) in [5, 5.41) is 3.15. The Labute approximate surface area is 118 Å². The van der Waals surface area contributed by atoms with Gasteiger partial charge in [-0.1, -0.05) is 19.1 Å². The number of nitrogens with zero attached hydrogens (tertiary/aromatic N) is 1. The molecule has 19 heavy (non-hydrogen) atoms. The SMILES string of the molecule is COc1cc(CNC(=S)C[C@H](C)CC(N)=O)ccn1. The van der Waals surface area contributed by atoms with Crippen molar-refractivity contribution in [3.8, 4) is 5.88 Å². The van der Waals surface area contributed by atoms with E-state index in [-0.39, 0.29) is 11.8 Å². The van der Waals surface area contributed by atoms with Gasteiger partial charge in [0.2, 0.25) is 11.8 Å². The van der Waals surface area contributed by atoms with E-state index in [1.54, 1.807) is 13.3 Å². The van der Waals surface area contributed by atoms with Crippen molar-refractivity contribution in [2.75, 3.05) is 7.11 Å². The smallest absolute Gasteiger partial charge is 0.217 e. The topological polar surface area (TPSA) is 77.2 Å². The number of hydrogen-bond acceptors (Lipinski definition) is 4. The van der Waals surface area contributed by atoms with Crippen LogP contribution in [0.4, 0.5) is 0 Å². The average molecular weight is 281 g/mol. The second kappa shape index (κ2) is 7.68. The third-order valence-corrected chi connectivity index (χ3v) is 2.89. The first kappa shape index (κ1) is 15.4. The predicted octanol–water partition coefficient (Wildman–Crippen LogP) is 1.41. The number of hydrogen-bond donors (Lipinski definition) is 2. The quantitative estimate of drug-likeness (QED) is 0.739. The molecular weight excluding hydrogens is 262 g/mol. The van der Waals surface area contributed by atoms with E-state index in [1.807, 2.05) is 19.1 Å². The number of ether oxygens (including phenoxy) is 1. The number of aromatic nitrogens is 1. The number of primary amides is 1. The Morgan fingerprint density at radius 2 is 2.32 bits per heavy atom. The van der Waals surface area contributed by atoms with E-state index in [9.17, 15) is 4.79 Å². The molecule has 1 atom stereocenters. The number of thiocarbonyl (C=S) groups is 1. The molecule has 0 aliphatic rings. The van der Waals surface area contributed by atoms with Crippen LogP contribution in [-0.4, -0.2) is 23.0 Å². The molecule has 0 radical (unpaired) electrons. The minimum Gasteiger partial charge on any atom is -0.481 e. The van der Waals surface area contributed by atoms with Crippen molar-refractivity contribution in [1.82, 2.24) is 10.3 Å². The van der Waals surface area contributed by atoms with Gasteiger partial charge in [0.1, 0.15) is 0 Å². The first-order chi connectivity index (χ1) is 9.01. The van der Waals surface area contributed by atoms with Crippen LogP contribution < -0.4 is 15.8 Å². The number of pyridine rings is 1. The van der Waals surface area contributed by atoms with Crippen LogP contribution in [0.2, 0.25) is 0 Å². The summed E-state index contributed by atoms with van der Waals surface area (Å²) in [7, 11) is 1.58. The average Bonchev–Trinajstić information content (AvgIpc) is 2.35. The Hall–Kier alpha value is -1.69. The first-order valence-electron chi connectivity index (χ1n) is 6.05. The van der Waals surface area contributed by atoms with Crippen molar-refractivity contribution < 1.29 is 9.53 Å². The summed E-state index contributed by atoms with van der Waals surface area (Å²) in [5.74, 6) is 0.436. The number of nitrogens with one attached hydrogen (secondary N) is 1. The molecule has 1 aromatic rings. The molecule has 1 amide bonds. The zero-order valence-electron chi connectivity index (χ0n) is 11.2. The number of nitrogens with two attached hydrogens (primary N) is 1. The van der Waals surface area contributed by atoms with Gasteiger partial charge in [0.25, 0.3) is 0 Å². The summed E-state index contributed by atoms with van der Waals surface area (Å²) in [6.07, 6.45) is 2.69. The number of amides is 1. The van der Waals surface area contributed by atoms with E-state index < -0.39 is 0 Å². The van der Waals surface area contributed by atoms with E-state index in [1.165, 1.54) is 0 Å². The van der Waals surface area contributed by atoms with Crippen molar-refractivity contribution in [1.29, 1.82) is 0 Å². The molecule has 104 valence electrons. The highest BCUT2D eigenvalue weighted by Gasteiger charge is 2.09. The number of carbonyl (C=O) groups excluding carboxylic acids is 1. The maximum absolute atomic E-state index is 10.8. The highest BCUT2D eigenvalue weighted by Crippen LogP contribution is 2.10. The van der Waals surface area contributed by atoms with Crippen molar-refractivity contribution in [3.63, 3.8) is 0 Å². The molecule has 0 aliphatic heterocycles. The zero-order valence-corrected chi connectivity index (χ0v) is 12.0.